The van der Waals surface area contributed by atoms with Gasteiger partial charge >= 0.3 is 0 Å². The molecule has 0 heterocycles. The summed E-state index contributed by atoms with van der Waals surface area (Å²) in [6, 6.07) is 16.6. The molecule has 0 spiro atoms. The number of nitrogens with zero attached hydrogens (tertiary/aromatic N) is 1. The smallest absolute Gasteiger partial charge is 0.249 e. The Kier molecular flexibility index (Phi) is 3.81. The molecule has 0 aliphatic rings. The third-order valence-corrected chi connectivity index (χ3v) is 3.15. The van der Waals surface area contributed by atoms with Crippen LogP contribution in [0.25, 0.3) is 0 Å². The number of anilines is 1. The van der Waals surface area contributed by atoms with Crippen LogP contribution in [0.1, 0.15) is 12.5 Å². The van der Waals surface area contributed by atoms with Gasteiger partial charge in [0.15, 0.2) is 5.41 Å². The fourth-order valence-electron chi connectivity index (χ4n) is 1.83. The lowest BCUT2D eigenvalue weighted by atomic mass is 9.83. The van der Waals surface area contributed by atoms with Crippen LogP contribution in [0.2, 0.25) is 0 Å². The van der Waals surface area contributed by atoms with Crippen LogP contribution in [-0.2, 0) is 10.2 Å². The number of halogens is 1. The Morgan fingerprint density at radius 3 is 2.35 bits per heavy atom. The Morgan fingerprint density at radius 2 is 1.75 bits per heavy atom. The van der Waals surface area contributed by atoms with Gasteiger partial charge in [-0.1, -0.05) is 42.5 Å². The molecule has 1 amide bonds. The van der Waals surface area contributed by atoms with Crippen molar-refractivity contribution < 1.29 is 9.18 Å². The average molecular weight is 268 g/mol. The summed E-state index contributed by atoms with van der Waals surface area (Å²) < 4.78 is 13.5. The van der Waals surface area contributed by atoms with Gasteiger partial charge in [-0.05, 0) is 24.6 Å². The minimum absolute atomic E-state index is 0.0647. The number of nitriles is 1. The van der Waals surface area contributed by atoms with Gasteiger partial charge in [0.1, 0.15) is 5.82 Å². The number of benzene rings is 2. The van der Waals surface area contributed by atoms with E-state index in [0.717, 1.165) is 0 Å². The molecular formula is C16H13FN2O. The Labute approximate surface area is 116 Å². The molecule has 0 saturated heterocycles. The molecule has 0 saturated carbocycles. The Bertz CT molecular complexity index is 664. The fraction of sp³-hybridized carbons (Fsp3) is 0.125. The largest absolute Gasteiger partial charge is 0.322 e. The summed E-state index contributed by atoms with van der Waals surface area (Å²) in [5.41, 5.74) is -0.741. The Balaban J connectivity index is 2.32. The summed E-state index contributed by atoms with van der Waals surface area (Å²) in [6.07, 6.45) is 0. The van der Waals surface area contributed by atoms with Crippen molar-refractivity contribution in [2.24, 2.45) is 0 Å². The van der Waals surface area contributed by atoms with Crippen LogP contribution in [0.15, 0.2) is 54.6 Å². The molecule has 4 heteroatoms. The van der Waals surface area contributed by atoms with E-state index in [0.29, 0.717) is 5.56 Å². The number of para-hydroxylation sites is 1. The van der Waals surface area contributed by atoms with E-state index in [2.05, 4.69) is 5.32 Å². The SMILES string of the molecule is CC(C#N)(C(=O)Nc1ccccc1F)c1ccccc1. The maximum absolute atomic E-state index is 13.5. The van der Waals surface area contributed by atoms with E-state index in [9.17, 15) is 14.4 Å². The van der Waals surface area contributed by atoms with E-state index in [1.165, 1.54) is 25.1 Å². The first-order valence-electron chi connectivity index (χ1n) is 6.10. The van der Waals surface area contributed by atoms with E-state index >= 15 is 0 Å². The fourth-order valence-corrected chi connectivity index (χ4v) is 1.83. The van der Waals surface area contributed by atoms with Gasteiger partial charge in [0.2, 0.25) is 5.91 Å². The lowest BCUT2D eigenvalue weighted by Crippen LogP contribution is -2.36. The van der Waals surface area contributed by atoms with Gasteiger partial charge in [0.05, 0.1) is 11.8 Å². The maximum atomic E-state index is 13.5. The van der Waals surface area contributed by atoms with Crippen LogP contribution in [0.3, 0.4) is 0 Å². The average Bonchev–Trinajstić information content (AvgIpc) is 2.49. The van der Waals surface area contributed by atoms with E-state index in [1.54, 1.807) is 36.4 Å². The number of carbonyl (C=O) groups excluding carboxylic acids is 1. The van der Waals surface area contributed by atoms with Gasteiger partial charge in [-0.15, -0.1) is 0 Å². The van der Waals surface area contributed by atoms with Crippen molar-refractivity contribution >= 4 is 11.6 Å². The van der Waals surface area contributed by atoms with Gasteiger partial charge in [-0.25, -0.2) is 4.39 Å². The lowest BCUT2D eigenvalue weighted by molar-refractivity contribution is -0.119. The highest BCUT2D eigenvalue weighted by molar-refractivity contribution is 6.01. The second kappa shape index (κ2) is 5.54. The second-order valence-corrected chi connectivity index (χ2v) is 4.54. The first kappa shape index (κ1) is 13.8. The standard InChI is InChI=1S/C16H13FN2O/c1-16(11-18,12-7-3-2-4-8-12)15(20)19-14-10-6-5-9-13(14)17/h2-10H,1H3,(H,19,20). The van der Waals surface area contributed by atoms with E-state index in [1.807, 2.05) is 6.07 Å². The van der Waals surface area contributed by atoms with E-state index in [4.69, 9.17) is 0 Å². The summed E-state index contributed by atoms with van der Waals surface area (Å²) in [5, 5.41) is 11.8. The molecule has 0 aliphatic heterocycles. The summed E-state index contributed by atoms with van der Waals surface area (Å²) in [4.78, 5) is 12.3. The lowest BCUT2D eigenvalue weighted by Gasteiger charge is -2.21. The zero-order valence-electron chi connectivity index (χ0n) is 10.9. The summed E-state index contributed by atoms with van der Waals surface area (Å²) in [5.74, 6) is -1.09. The van der Waals surface area contributed by atoms with Crippen molar-refractivity contribution in [3.63, 3.8) is 0 Å². The van der Waals surface area contributed by atoms with Gasteiger partial charge < -0.3 is 5.32 Å². The molecule has 2 aromatic rings. The first-order chi connectivity index (χ1) is 9.58. The highest BCUT2D eigenvalue weighted by atomic mass is 19.1. The van der Waals surface area contributed by atoms with Gasteiger partial charge in [0.25, 0.3) is 0 Å². The highest BCUT2D eigenvalue weighted by Crippen LogP contribution is 2.25. The Morgan fingerprint density at radius 1 is 1.15 bits per heavy atom. The van der Waals surface area contributed by atoms with E-state index in [-0.39, 0.29) is 5.69 Å². The molecule has 20 heavy (non-hydrogen) atoms. The molecule has 0 aromatic heterocycles. The predicted molar refractivity (Wildman–Crippen MR) is 74.4 cm³/mol. The molecule has 0 aliphatic carbocycles. The zero-order chi connectivity index (χ0) is 14.6. The maximum Gasteiger partial charge on any atom is 0.249 e. The molecule has 0 radical (unpaired) electrons. The van der Waals surface area contributed by atoms with Crippen LogP contribution >= 0.6 is 0 Å². The first-order valence-corrected chi connectivity index (χ1v) is 6.10. The zero-order valence-corrected chi connectivity index (χ0v) is 10.9. The minimum atomic E-state index is -1.37. The quantitative estimate of drug-likeness (QED) is 0.929. The Hall–Kier alpha value is -2.67. The van der Waals surface area contributed by atoms with Crippen LogP contribution in [-0.4, -0.2) is 5.91 Å². The van der Waals surface area contributed by atoms with Crippen LogP contribution in [0, 0.1) is 17.1 Å². The summed E-state index contributed by atoms with van der Waals surface area (Å²) in [6.45, 7) is 1.51. The molecule has 1 N–H and O–H groups in total. The monoisotopic (exact) mass is 268 g/mol. The number of amides is 1. The third kappa shape index (κ3) is 2.52. The second-order valence-electron chi connectivity index (χ2n) is 4.54. The normalized spacial score (nSPS) is 13.1. The minimum Gasteiger partial charge on any atom is -0.322 e. The molecule has 2 rings (SSSR count). The van der Waals surface area contributed by atoms with Crippen molar-refractivity contribution in [1.82, 2.24) is 0 Å². The third-order valence-electron chi connectivity index (χ3n) is 3.15. The molecule has 2 aromatic carbocycles. The van der Waals surface area contributed by atoms with Crippen molar-refractivity contribution in [3.8, 4) is 6.07 Å². The molecule has 100 valence electrons. The molecule has 1 atom stereocenters. The summed E-state index contributed by atoms with van der Waals surface area (Å²) in [7, 11) is 0. The number of carbonyl (C=O) groups is 1. The number of hydrogen-bond acceptors (Lipinski definition) is 2. The van der Waals surface area contributed by atoms with Crippen molar-refractivity contribution in [1.29, 1.82) is 5.26 Å². The van der Waals surface area contributed by atoms with Crippen molar-refractivity contribution in [2.45, 2.75) is 12.3 Å². The van der Waals surface area contributed by atoms with Crippen LogP contribution in [0.5, 0.6) is 0 Å². The van der Waals surface area contributed by atoms with Crippen LogP contribution < -0.4 is 5.32 Å². The number of hydrogen-bond donors (Lipinski definition) is 1. The number of nitrogens with one attached hydrogen (secondary N) is 1. The number of rotatable bonds is 3. The topological polar surface area (TPSA) is 52.9 Å². The van der Waals surface area contributed by atoms with Crippen LogP contribution in [0.4, 0.5) is 10.1 Å². The molecule has 1 unspecified atom stereocenters. The molecule has 0 bridgehead atoms. The van der Waals surface area contributed by atoms with E-state index < -0.39 is 17.1 Å². The molecule has 3 nitrogen and oxygen atoms in total. The predicted octanol–water partition coefficient (Wildman–Crippen LogP) is 3.25. The van der Waals surface area contributed by atoms with Gasteiger partial charge in [-0.2, -0.15) is 5.26 Å². The summed E-state index contributed by atoms with van der Waals surface area (Å²) >= 11 is 0. The molecule has 0 fully saturated rings. The molecular weight excluding hydrogens is 255 g/mol. The van der Waals surface area contributed by atoms with Gasteiger partial charge in [-0.3, -0.25) is 4.79 Å². The van der Waals surface area contributed by atoms with Crippen molar-refractivity contribution in [2.75, 3.05) is 5.32 Å². The highest BCUT2D eigenvalue weighted by Gasteiger charge is 2.35. The van der Waals surface area contributed by atoms with Crippen molar-refractivity contribution in [3.05, 3.63) is 66.0 Å². The van der Waals surface area contributed by atoms with Gasteiger partial charge in [0, 0.05) is 0 Å².